The molecule has 2 N–H and O–H groups in total. The Morgan fingerprint density at radius 2 is 1.70 bits per heavy atom. The number of para-hydroxylation sites is 1. The largest absolute Gasteiger partial charge is 0.351 e. The molecule has 0 bridgehead atoms. The van der Waals surface area contributed by atoms with Gasteiger partial charge in [0.2, 0.25) is 0 Å². The van der Waals surface area contributed by atoms with Gasteiger partial charge in [-0.05, 0) is 57.4 Å². The summed E-state index contributed by atoms with van der Waals surface area (Å²) in [5, 5.41) is 21.8. The predicted molar refractivity (Wildman–Crippen MR) is 154 cm³/mol. The van der Waals surface area contributed by atoms with Crippen molar-refractivity contribution in [3.63, 3.8) is 0 Å². The monoisotopic (exact) mass is 538 g/mol. The lowest BCUT2D eigenvalue weighted by atomic mass is 10.1. The maximum Gasteiger partial charge on any atom is 0.270 e. The lowest BCUT2D eigenvalue weighted by molar-refractivity contribution is -0.384. The molecule has 0 aliphatic carbocycles. The molecular formula is C30H30N6O4. The predicted octanol–water partition coefficient (Wildman–Crippen LogP) is 4.29. The highest BCUT2D eigenvalue weighted by Crippen LogP contribution is 2.28. The number of hydrogen-bond donors (Lipinski definition) is 2. The third kappa shape index (κ3) is 7.27. The Labute approximate surface area is 232 Å². The van der Waals surface area contributed by atoms with Gasteiger partial charge in [-0.1, -0.05) is 48.5 Å². The van der Waals surface area contributed by atoms with Crippen LogP contribution >= 0.6 is 0 Å². The zero-order chi connectivity index (χ0) is 28.5. The van der Waals surface area contributed by atoms with E-state index < -0.39 is 16.7 Å². The van der Waals surface area contributed by atoms with Crippen LogP contribution < -0.4 is 10.6 Å². The number of non-ortho nitro benzene ring substituents is 1. The Morgan fingerprint density at radius 3 is 2.38 bits per heavy atom. The maximum atomic E-state index is 13.3. The van der Waals surface area contributed by atoms with Gasteiger partial charge in [-0.3, -0.25) is 19.7 Å². The number of nitrogens with zero attached hydrogens (tertiary/aromatic N) is 4. The molecule has 0 unspecified atom stereocenters. The number of nitro benzene ring substituents is 1. The summed E-state index contributed by atoms with van der Waals surface area (Å²) >= 11 is 0. The van der Waals surface area contributed by atoms with Crippen LogP contribution in [0.1, 0.15) is 22.3 Å². The maximum absolute atomic E-state index is 13.3. The van der Waals surface area contributed by atoms with E-state index in [4.69, 9.17) is 5.10 Å². The Balaban J connectivity index is 1.77. The Kier molecular flexibility index (Phi) is 9.16. The van der Waals surface area contributed by atoms with Crippen molar-refractivity contribution in [1.82, 2.24) is 25.3 Å². The highest BCUT2D eigenvalue weighted by atomic mass is 16.6. The van der Waals surface area contributed by atoms with Crippen LogP contribution in [0.3, 0.4) is 0 Å². The molecule has 0 fully saturated rings. The topological polar surface area (TPSA) is 122 Å². The van der Waals surface area contributed by atoms with E-state index in [-0.39, 0.29) is 11.4 Å². The first kappa shape index (κ1) is 27.9. The molecule has 0 spiro atoms. The number of nitrogens with one attached hydrogen (secondary N) is 2. The lowest BCUT2D eigenvalue weighted by Gasteiger charge is -2.13. The fourth-order valence-corrected chi connectivity index (χ4v) is 3.99. The third-order valence-electron chi connectivity index (χ3n) is 5.99. The van der Waals surface area contributed by atoms with Crippen LogP contribution in [0.5, 0.6) is 0 Å². The van der Waals surface area contributed by atoms with Gasteiger partial charge in [0, 0.05) is 41.6 Å². The third-order valence-corrected chi connectivity index (χ3v) is 5.99. The van der Waals surface area contributed by atoms with E-state index in [0.29, 0.717) is 28.9 Å². The van der Waals surface area contributed by atoms with Crippen molar-refractivity contribution < 1.29 is 14.5 Å². The number of carbonyl (C=O) groups excluding carboxylic acids is 2. The van der Waals surface area contributed by atoms with E-state index in [0.717, 1.165) is 18.7 Å². The molecule has 2 amide bonds. The molecule has 0 aliphatic heterocycles. The fourth-order valence-electron chi connectivity index (χ4n) is 3.99. The molecule has 4 aromatic rings. The van der Waals surface area contributed by atoms with Crippen molar-refractivity contribution in [3.8, 4) is 16.9 Å². The van der Waals surface area contributed by atoms with Crippen molar-refractivity contribution in [1.29, 1.82) is 0 Å². The van der Waals surface area contributed by atoms with Crippen molar-refractivity contribution in [2.24, 2.45) is 0 Å². The summed E-state index contributed by atoms with van der Waals surface area (Å²) in [5.41, 5.74) is 2.51. The molecule has 40 heavy (non-hydrogen) atoms. The van der Waals surface area contributed by atoms with Crippen molar-refractivity contribution in [2.75, 3.05) is 27.2 Å². The van der Waals surface area contributed by atoms with Crippen molar-refractivity contribution in [3.05, 3.63) is 118 Å². The Hall–Kier alpha value is -5.09. The summed E-state index contributed by atoms with van der Waals surface area (Å²) in [6.45, 7) is 1.20. The van der Waals surface area contributed by atoms with Crippen LogP contribution in [0.15, 0.2) is 96.8 Å². The first-order chi connectivity index (χ1) is 19.3. The fraction of sp³-hybridized carbons (Fsp3) is 0.167. The van der Waals surface area contributed by atoms with E-state index in [1.807, 2.05) is 49.3 Å². The average molecular weight is 539 g/mol. The first-order valence-corrected chi connectivity index (χ1v) is 12.7. The Bertz CT molecular complexity index is 1510. The minimum Gasteiger partial charge on any atom is -0.351 e. The van der Waals surface area contributed by atoms with E-state index in [1.54, 1.807) is 59.4 Å². The zero-order valence-electron chi connectivity index (χ0n) is 22.3. The second-order valence-corrected chi connectivity index (χ2v) is 9.31. The number of nitro groups is 1. The summed E-state index contributed by atoms with van der Waals surface area (Å²) < 4.78 is 1.63. The number of benzene rings is 3. The van der Waals surface area contributed by atoms with Gasteiger partial charge in [-0.15, -0.1) is 0 Å². The molecule has 3 aromatic carbocycles. The van der Waals surface area contributed by atoms with E-state index >= 15 is 0 Å². The zero-order valence-corrected chi connectivity index (χ0v) is 22.3. The van der Waals surface area contributed by atoms with Gasteiger partial charge < -0.3 is 15.5 Å². The highest BCUT2D eigenvalue weighted by Gasteiger charge is 2.19. The number of carbonyl (C=O) groups is 2. The summed E-state index contributed by atoms with van der Waals surface area (Å²) in [4.78, 5) is 39.3. The summed E-state index contributed by atoms with van der Waals surface area (Å²) in [6.07, 6.45) is 3.99. The van der Waals surface area contributed by atoms with Crippen LogP contribution in [-0.2, 0) is 4.79 Å². The lowest BCUT2D eigenvalue weighted by Crippen LogP contribution is -2.36. The van der Waals surface area contributed by atoms with Crippen molar-refractivity contribution in [2.45, 2.75) is 6.42 Å². The highest BCUT2D eigenvalue weighted by molar-refractivity contribution is 6.05. The molecule has 0 radical (unpaired) electrons. The molecule has 1 heterocycles. The van der Waals surface area contributed by atoms with Crippen LogP contribution in [-0.4, -0.2) is 58.6 Å². The molecule has 10 heteroatoms. The van der Waals surface area contributed by atoms with E-state index in [2.05, 4.69) is 10.6 Å². The molecule has 0 atom stereocenters. The van der Waals surface area contributed by atoms with Crippen LogP contribution in [0.25, 0.3) is 23.0 Å². The van der Waals surface area contributed by atoms with Crippen molar-refractivity contribution >= 4 is 23.6 Å². The van der Waals surface area contributed by atoms with Gasteiger partial charge in [-0.25, -0.2) is 4.68 Å². The molecular weight excluding hydrogens is 508 g/mol. The van der Waals surface area contributed by atoms with Gasteiger partial charge in [-0.2, -0.15) is 5.10 Å². The van der Waals surface area contributed by atoms with Crippen LogP contribution in [0.2, 0.25) is 0 Å². The number of rotatable bonds is 11. The molecule has 10 nitrogen and oxygen atoms in total. The molecule has 204 valence electrons. The molecule has 1 aromatic heterocycles. The van der Waals surface area contributed by atoms with Gasteiger partial charge in [0.1, 0.15) is 11.4 Å². The van der Waals surface area contributed by atoms with Gasteiger partial charge >= 0.3 is 0 Å². The first-order valence-electron chi connectivity index (χ1n) is 12.7. The molecule has 0 saturated heterocycles. The smallest absolute Gasteiger partial charge is 0.270 e. The second kappa shape index (κ2) is 13.1. The molecule has 4 rings (SSSR count). The molecule has 0 aliphatic rings. The standard InChI is InChI=1S/C30H30N6O4/c1-34(2)18-10-17-31-30(38)27(32-29(37)22-11-5-3-6-12-22)20-24-21-35(25-14-7-4-8-15-25)33-28(24)23-13-9-16-26(19-23)36(39)40/h3-9,11-16,19-21H,10,17-18H2,1-2H3,(H,31,38)(H,32,37). The quantitative estimate of drug-likeness (QED) is 0.127. The summed E-state index contributed by atoms with van der Waals surface area (Å²) in [7, 11) is 3.90. The van der Waals surface area contributed by atoms with Gasteiger partial charge in [0.25, 0.3) is 17.5 Å². The van der Waals surface area contributed by atoms with Crippen LogP contribution in [0, 0.1) is 10.1 Å². The second-order valence-electron chi connectivity index (χ2n) is 9.31. The average Bonchev–Trinajstić information content (AvgIpc) is 3.39. The number of aromatic nitrogens is 2. The normalized spacial score (nSPS) is 11.3. The SMILES string of the molecule is CN(C)CCCNC(=O)C(=Cc1cn(-c2ccccc2)nc1-c1cccc([N+](=O)[O-])c1)NC(=O)c1ccccc1. The van der Waals surface area contributed by atoms with Gasteiger partial charge in [0.05, 0.1) is 10.6 Å². The summed E-state index contributed by atoms with van der Waals surface area (Å²) in [6, 6.07) is 24.1. The minimum atomic E-state index is -0.472. The van der Waals surface area contributed by atoms with Crippen LogP contribution in [0.4, 0.5) is 5.69 Å². The molecule has 0 saturated carbocycles. The minimum absolute atomic E-state index is 0.0259. The van der Waals surface area contributed by atoms with Gasteiger partial charge in [0.15, 0.2) is 0 Å². The number of amides is 2. The summed E-state index contributed by atoms with van der Waals surface area (Å²) in [5.74, 6) is -0.900. The number of hydrogen-bond acceptors (Lipinski definition) is 6. The Morgan fingerprint density at radius 1 is 1.00 bits per heavy atom. The van der Waals surface area contributed by atoms with E-state index in [9.17, 15) is 19.7 Å². The van der Waals surface area contributed by atoms with E-state index in [1.165, 1.54) is 12.1 Å².